The first-order chi connectivity index (χ1) is 8.68. The molecule has 0 saturated heterocycles. The van der Waals surface area contributed by atoms with Gasteiger partial charge in [0.25, 0.3) is 0 Å². The lowest BCUT2D eigenvalue weighted by atomic mass is 9.96. The number of rotatable bonds is 6. The van der Waals surface area contributed by atoms with Crippen molar-refractivity contribution in [2.24, 2.45) is 5.92 Å². The van der Waals surface area contributed by atoms with Crippen LogP contribution in [0.15, 0.2) is 30.3 Å². The smallest absolute Gasteiger partial charge is 0.224 e. The molecule has 1 aliphatic rings. The summed E-state index contributed by atoms with van der Waals surface area (Å²) in [6.45, 7) is 3.45. The molecule has 1 aliphatic carbocycles. The van der Waals surface area contributed by atoms with Crippen LogP contribution < -0.4 is 10.6 Å². The molecule has 1 atom stereocenters. The number of carbonyl (C=O) groups is 1. The third-order valence-corrected chi connectivity index (χ3v) is 3.80. The first-order valence-corrected chi connectivity index (χ1v) is 6.66. The Kier molecular flexibility index (Phi) is 4.02. The van der Waals surface area contributed by atoms with E-state index in [1.54, 1.807) is 0 Å². The van der Waals surface area contributed by atoms with Crippen molar-refractivity contribution in [3.63, 3.8) is 0 Å². The molecule has 3 heteroatoms. The highest BCUT2D eigenvalue weighted by Crippen LogP contribution is 2.47. The second kappa shape index (κ2) is 5.53. The number of carbonyl (C=O) groups excluding carboxylic acids is 1. The Morgan fingerprint density at radius 2 is 2.00 bits per heavy atom. The molecule has 1 aromatic rings. The van der Waals surface area contributed by atoms with Crippen LogP contribution in [0.4, 0.5) is 0 Å². The van der Waals surface area contributed by atoms with Crippen molar-refractivity contribution in [2.45, 2.75) is 25.2 Å². The summed E-state index contributed by atoms with van der Waals surface area (Å²) in [5, 5.41) is 6.12. The van der Waals surface area contributed by atoms with Crippen molar-refractivity contribution in [3.05, 3.63) is 35.9 Å². The van der Waals surface area contributed by atoms with E-state index in [1.807, 2.05) is 20.0 Å². The Labute approximate surface area is 109 Å². The summed E-state index contributed by atoms with van der Waals surface area (Å²) >= 11 is 0. The fourth-order valence-corrected chi connectivity index (χ4v) is 2.34. The normalized spacial score (nSPS) is 18.1. The maximum absolute atomic E-state index is 11.9. The van der Waals surface area contributed by atoms with Gasteiger partial charge in [0, 0.05) is 24.4 Å². The van der Waals surface area contributed by atoms with Crippen molar-refractivity contribution >= 4 is 5.91 Å². The van der Waals surface area contributed by atoms with Gasteiger partial charge in [-0.3, -0.25) is 4.79 Å². The van der Waals surface area contributed by atoms with Gasteiger partial charge in [-0.1, -0.05) is 37.3 Å². The van der Waals surface area contributed by atoms with E-state index >= 15 is 0 Å². The van der Waals surface area contributed by atoms with Crippen LogP contribution in [0.3, 0.4) is 0 Å². The topological polar surface area (TPSA) is 41.1 Å². The van der Waals surface area contributed by atoms with E-state index in [4.69, 9.17) is 0 Å². The van der Waals surface area contributed by atoms with Gasteiger partial charge in [-0.05, 0) is 25.5 Å². The zero-order valence-electron chi connectivity index (χ0n) is 11.2. The van der Waals surface area contributed by atoms with E-state index in [0.29, 0.717) is 0 Å². The van der Waals surface area contributed by atoms with Gasteiger partial charge < -0.3 is 10.6 Å². The van der Waals surface area contributed by atoms with Crippen LogP contribution in [0.2, 0.25) is 0 Å². The summed E-state index contributed by atoms with van der Waals surface area (Å²) in [5.41, 5.74) is 1.56. The minimum Gasteiger partial charge on any atom is -0.355 e. The van der Waals surface area contributed by atoms with Gasteiger partial charge in [-0.15, -0.1) is 0 Å². The number of hydrogen-bond acceptors (Lipinski definition) is 2. The van der Waals surface area contributed by atoms with Gasteiger partial charge in [0.2, 0.25) is 5.91 Å². The average Bonchev–Trinajstić information content (AvgIpc) is 3.18. The third-order valence-electron chi connectivity index (χ3n) is 3.80. The van der Waals surface area contributed by atoms with E-state index in [0.717, 1.165) is 13.1 Å². The highest BCUT2D eigenvalue weighted by molar-refractivity contribution is 5.78. The first kappa shape index (κ1) is 13.1. The molecule has 1 amide bonds. The Bertz CT molecular complexity index is 398. The zero-order chi connectivity index (χ0) is 13.0. The second-order valence-electron chi connectivity index (χ2n) is 5.32. The highest BCUT2D eigenvalue weighted by Gasteiger charge is 2.44. The monoisotopic (exact) mass is 246 g/mol. The number of benzene rings is 1. The molecule has 0 aromatic heterocycles. The molecule has 1 saturated carbocycles. The van der Waals surface area contributed by atoms with Gasteiger partial charge in [0.05, 0.1) is 0 Å². The van der Waals surface area contributed by atoms with Crippen LogP contribution >= 0.6 is 0 Å². The van der Waals surface area contributed by atoms with E-state index in [2.05, 4.69) is 34.9 Å². The Morgan fingerprint density at radius 3 is 2.56 bits per heavy atom. The predicted octanol–water partition coefficient (Wildman–Crippen LogP) is 1.69. The Balaban J connectivity index is 1.89. The maximum atomic E-state index is 11.9. The molecule has 98 valence electrons. The standard InChI is InChI=1S/C15H22N2O/c1-12(10-16-2)14(18)17-11-15(8-9-15)13-6-4-3-5-7-13/h3-7,12,16H,8-11H2,1-2H3,(H,17,18). The fourth-order valence-electron chi connectivity index (χ4n) is 2.34. The minimum atomic E-state index is 0.0292. The molecule has 0 heterocycles. The van der Waals surface area contributed by atoms with Crippen LogP contribution in [-0.4, -0.2) is 26.0 Å². The highest BCUT2D eigenvalue weighted by atomic mass is 16.1. The number of nitrogens with one attached hydrogen (secondary N) is 2. The second-order valence-corrected chi connectivity index (χ2v) is 5.32. The molecule has 2 rings (SSSR count). The summed E-state index contributed by atoms with van der Waals surface area (Å²) in [6.07, 6.45) is 2.36. The van der Waals surface area contributed by atoms with Crippen LogP contribution in [0.5, 0.6) is 0 Å². The lowest BCUT2D eigenvalue weighted by Crippen LogP contribution is -2.38. The van der Waals surface area contributed by atoms with E-state index in [-0.39, 0.29) is 17.2 Å². The van der Waals surface area contributed by atoms with Crippen molar-refractivity contribution in [1.82, 2.24) is 10.6 Å². The Hall–Kier alpha value is -1.35. The molecule has 1 fully saturated rings. The van der Waals surface area contributed by atoms with Gasteiger partial charge in [-0.2, -0.15) is 0 Å². The van der Waals surface area contributed by atoms with Crippen LogP contribution in [0.1, 0.15) is 25.3 Å². The summed E-state index contributed by atoms with van der Waals surface area (Å²) < 4.78 is 0. The van der Waals surface area contributed by atoms with Crippen LogP contribution in [0.25, 0.3) is 0 Å². The van der Waals surface area contributed by atoms with Gasteiger partial charge in [0.15, 0.2) is 0 Å². The SMILES string of the molecule is CNCC(C)C(=O)NCC1(c2ccccc2)CC1. The molecule has 18 heavy (non-hydrogen) atoms. The molecule has 3 nitrogen and oxygen atoms in total. The molecule has 0 bridgehead atoms. The van der Waals surface area contributed by atoms with Crippen molar-refractivity contribution in [1.29, 1.82) is 0 Å². The first-order valence-electron chi connectivity index (χ1n) is 6.66. The molecular weight excluding hydrogens is 224 g/mol. The minimum absolute atomic E-state index is 0.0292. The molecule has 2 N–H and O–H groups in total. The van der Waals surface area contributed by atoms with Gasteiger partial charge in [-0.25, -0.2) is 0 Å². The van der Waals surface area contributed by atoms with Crippen molar-refractivity contribution in [2.75, 3.05) is 20.1 Å². The van der Waals surface area contributed by atoms with E-state index < -0.39 is 0 Å². The number of amides is 1. The molecular formula is C15H22N2O. The lowest BCUT2D eigenvalue weighted by molar-refractivity contribution is -0.124. The van der Waals surface area contributed by atoms with E-state index in [1.165, 1.54) is 18.4 Å². The average molecular weight is 246 g/mol. The molecule has 1 unspecified atom stereocenters. The van der Waals surface area contributed by atoms with Crippen molar-refractivity contribution in [3.8, 4) is 0 Å². The third kappa shape index (κ3) is 2.91. The summed E-state index contributed by atoms with van der Waals surface area (Å²) in [7, 11) is 1.87. The summed E-state index contributed by atoms with van der Waals surface area (Å²) in [6, 6.07) is 10.5. The lowest BCUT2D eigenvalue weighted by Gasteiger charge is -2.18. The van der Waals surface area contributed by atoms with Gasteiger partial charge >= 0.3 is 0 Å². The quantitative estimate of drug-likeness (QED) is 0.802. The zero-order valence-corrected chi connectivity index (χ0v) is 11.2. The molecule has 0 radical (unpaired) electrons. The van der Waals surface area contributed by atoms with Gasteiger partial charge in [0.1, 0.15) is 0 Å². The fraction of sp³-hybridized carbons (Fsp3) is 0.533. The number of hydrogen-bond donors (Lipinski definition) is 2. The van der Waals surface area contributed by atoms with Crippen LogP contribution in [-0.2, 0) is 10.2 Å². The Morgan fingerprint density at radius 1 is 1.33 bits per heavy atom. The van der Waals surface area contributed by atoms with Crippen molar-refractivity contribution < 1.29 is 4.79 Å². The maximum Gasteiger partial charge on any atom is 0.224 e. The summed E-state index contributed by atoms with van der Waals surface area (Å²) in [5.74, 6) is 0.174. The van der Waals surface area contributed by atoms with E-state index in [9.17, 15) is 4.79 Å². The molecule has 0 aliphatic heterocycles. The molecule has 0 spiro atoms. The predicted molar refractivity (Wildman–Crippen MR) is 73.5 cm³/mol. The van der Waals surface area contributed by atoms with Crippen LogP contribution in [0, 0.1) is 5.92 Å². The summed E-state index contributed by atoms with van der Waals surface area (Å²) in [4.78, 5) is 11.9. The molecule has 1 aromatic carbocycles. The largest absolute Gasteiger partial charge is 0.355 e.